The number of pyridine rings is 4. The third-order valence-corrected chi connectivity index (χ3v) is 6.32. The molecule has 0 spiro atoms. The summed E-state index contributed by atoms with van der Waals surface area (Å²) < 4.78 is 16.0. The number of fused-ring (bicyclic) bond motifs is 2. The topological polar surface area (TPSA) is 141 Å². The number of anilines is 1. The monoisotopic (exact) mass is 509 g/mol. The van der Waals surface area contributed by atoms with Gasteiger partial charge < -0.3 is 15.4 Å². The van der Waals surface area contributed by atoms with Crippen molar-refractivity contribution in [3.63, 3.8) is 0 Å². The van der Waals surface area contributed by atoms with Crippen LogP contribution in [0.2, 0.25) is 0 Å². The summed E-state index contributed by atoms with van der Waals surface area (Å²) in [7, 11) is 0. The van der Waals surface area contributed by atoms with Gasteiger partial charge in [0.05, 0.1) is 28.5 Å². The Hall–Kier alpha value is -4.77. The molecule has 0 aliphatic heterocycles. The molecule has 11 heteroatoms. The van der Waals surface area contributed by atoms with Gasteiger partial charge in [0.15, 0.2) is 11.5 Å². The van der Waals surface area contributed by atoms with E-state index >= 15 is 4.39 Å². The van der Waals surface area contributed by atoms with E-state index in [1.807, 2.05) is 18.2 Å². The van der Waals surface area contributed by atoms with Crippen LogP contribution in [0.3, 0.4) is 0 Å². The molecule has 10 nitrogen and oxygen atoms in total. The van der Waals surface area contributed by atoms with E-state index in [2.05, 4.69) is 47.4 Å². The van der Waals surface area contributed by atoms with Crippen molar-refractivity contribution in [2.45, 2.75) is 32.4 Å². The molecule has 6 aromatic rings. The standard InChI is InChI=1S/C27H24FN9O/c1-2-3-4-20(38)33-17-11-16(12-30-13-17)18-14-32-26-21(22(18)28)25(36-37-26)27-34-19-7-10-31-23(24(19)35-27)15-5-8-29-9-6-15/h5-14,20,33,38H,2-4H2,1H3,(H,34,35)(H,32,36,37). The molecule has 0 saturated carbocycles. The minimum absolute atomic E-state index is 0.210. The summed E-state index contributed by atoms with van der Waals surface area (Å²) in [5.74, 6) is -0.0894. The maximum absolute atomic E-state index is 16.0. The van der Waals surface area contributed by atoms with Gasteiger partial charge in [-0.25, -0.2) is 14.4 Å². The minimum atomic E-state index is -0.711. The van der Waals surface area contributed by atoms with Crippen molar-refractivity contribution >= 4 is 27.8 Å². The Kier molecular flexibility index (Phi) is 6.18. The number of aromatic amines is 2. The molecule has 0 aliphatic rings. The van der Waals surface area contributed by atoms with Gasteiger partial charge in [-0.05, 0) is 37.1 Å². The van der Waals surface area contributed by atoms with Crippen LogP contribution < -0.4 is 5.32 Å². The molecule has 0 aromatic carbocycles. The molecule has 0 aliphatic carbocycles. The number of H-pyrrole nitrogens is 2. The second-order valence-corrected chi connectivity index (χ2v) is 8.92. The highest BCUT2D eigenvalue weighted by Gasteiger charge is 2.21. The predicted octanol–water partition coefficient (Wildman–Crippen LogP) is 5.08. The number of rotatable bonds is 8. The van der Waals surface area contributed by atoms with Crippen LogP contribution in [-0.2, 0) is 0 Å². The first-order valence-electron chi connectivity index (χ1n) is 12.3. The molecule has 190 valence electrons. The quantitative estimate of drug-likeness (QED) is 0.208. The highest BCUT2D eigenvalue weighted by molar-refractivity contribution is 5.96. The molecular weight excluding hydrogens is 485 g/mol. The molecular formula is C27H24FN9O. The number of nitrogens with one attached hydrogen (secondary N) is 3. The number of aliphatic hydroxyl groups excluding tert-OH is 1. The summed E-state index contributed by atoms with van der Waals surface area (Å²) in [5.41, 5.74) is 4.92. The van der Waals surface area contributed by atoms with Crippen LogP contribution in [0.4, 0.5) is 10.1 Å². The van der Waals surface area contributed by atoms with Crippen LogP contribution in [-0.4, -0.2) is 51.4 Å². The van der Waals surface area contributed by atoms with Crippen LogP contribution in [0.15, 0.2) is 61.4 Å². The lowest BCUT2D eigenvalue weighted by molar-refractivity contribution is 0.190. The van der Waals surface area contributed by atoms with Crippen LogP contribution in [0, 0.1) is 5.82 Å². The summed E-state index contributed by atoms with van der Waals surface area (Å²) in [4.78, 5) is 25.2. The van der Waals surface area contributed by atoms with Crippen molar-refractivity contribution in [1.29, 1.82) is 0 Å². The van der Waals surface area contributed by atoms with E-state index < -0.39 is 12.0 Å². The molecule has 6 rings (SSSR count). The second-order valence-electron chi connectivity index (χ2n) is 8.92. The molecule has 0 amide bonds. The molecule has 6 aromatic heterocycles. The van der Waals surface area contributed by atoms with E-state index in [1.165, 1.54) is 6.20 Å². The zero-order valence-electron chi connectivity index (χ0n) is 20.5. The molecule has 4 N–H and O–H groups in total. The fraction of sp³-hybridized carbons (Fsp3) is 0.185. The number of aromatic nitrogens is 8. The number of nitrogens with zero attached hydrogens (tertiary/aromatic N) is 6. The van der Waals surface area contributed by atoms with Crippen molar-refractivity contribution < 1.29 is 9.50 Å². The average Bonchev–Trinajstić information content (AvgIpc) is 3.57. The van der Waals surface area contributed by atoms with Gasteiger partial charge in [0.2, 0.25) is 0 Å². The molecule has 0 saturated heterocycles. The Labute approximate surface area is 216 Å². The molecule has 0 fully saturated rings. The van der Waals surface area contributed by atoms with E-state index in [4.69, 9.17) is 4.98 Å². The number of aliphatic hydroxyl groups is 1. The van der Waals surface area contributed by atoms with Crippen molar-refractivity contribution in [3.05, 3.63) is 67.3 Å². The Morgan fingerprint density at radius 3 is 2.74 bits per heavy atom. The lowest BCUT2D eigenvalue weighted by Crippen LogP contribution is -2.18. The largest absolute Gasteiger partial charge is 0.374 e. The number of hydrogen-bond acceptors (Lipinski definition) is 8. The number of unbranched alkanes of at least 4 members (excludes halogenated alkanes) is 1. The van der Waals surface area contributed by atoms with Crippen molar-refractivity contribution in [2.75, 3.05) is 5.32 Å². The van der Waals surface area contributed by atoms with Gasteiger partial charge in [-0.15, -0.1) is 0 Å². The van der Waals surface area contributed by atoms with Gasteiger partial charge in [0.1, 0.15) is 23.3 Å². The summed E-state index contributed by atoms with van der Waals surface area (Å²) in [6.45, 7) is 2.06. The molecule has 38 heavy (non-hydrogen) atoms. The van der Waals surface area contributed by atoms with Crippen LogP contribution in [0.25, 0.3) is 56.0 Å². The second kappa shape index (κ2) is 9.94. The zero-order chi connectivity index (χ0) is 26.1. The minimum Gasteiger partial charge on any atom is -0.374 e. The SMILES string of the molecule is CCCCC(O)Nc1cncc(-c2cnc3n[nH]c(-c4nc5c(-c6ccncc6)nccc5[nH]4)c3c2F)c1. The highest BCUT2D eigenvalue weighted by atomic mass is 19.1. The maximum Gasteiger partial charge on any atom is 0.184 e. The smallest absolute Gasteiger partial charge is 0.184 e. The predicted molar refractivity (Wildman–Crippen MR) is 142 cm³/mol. The first kappa shape index (κ1) is 23.6. The van der Waals surface area contributed by atoms with Gasteiger partial charge in [-0.3, -0.25) is 20.1 Å². The Morgan fingerprint density at radius 2 is 1.89 bits per heavy atom. The third kappa shape index (κ3) is 4.33. The summed E-state index contributed by atoms with van der Waals surface area (Å²) in [6, 6.07) is 7.27. The highest BCUT2D eigenvalue weighted by Crippen LogP contribution is 2.34. The van der Waals surface area contributed by atoms with Crippen molar-refractivity contribution in [1.82, 2.24) is 40.1 Å². The number of imidazole rings is 1. The van der Waals surface area contributed by atoms with Crippen molar-refractivity contribution in [2.24, 2.45) is 0 Å². The van der Waals surface area contributed by atoms with E-state index in [1.54, 1.807) is 37.1 Å². The van der Waals surface area contributed by atoms with Crippen LogP contribution in [0.1, 0.15) is 26.2 Å². The fourth-order valence-electron chi connectivity index (χ4n) is 4.43. The number of halogens is 1. The molecule has 0 radical (unpaired) electrons. The molecule has 1 unspecified atom stereocenters. The van der Waals surface area contributed by atoms with Crippen LogP contribution >= 0.6 is 0 Å². The van der Waals surface area contributed by atoms with Gasteiger partial charge in [-0.1, -0.05) is 13.3 Å². The Morgan fingerprint density at radius 1 is 1.03 bits per heavy atom. The molecule has 1 atom stereocenters. The van der Waals surface area contributed by atoms with E-state index in [0.717, 1.165) is 23.9 Å². The van der Waals surface area contributed by atoms with Gasteiger partial charge in [0.25, 0.3) is 0 Å². The van der Waals surface area contributed by atoms with Gasteiger partial charge in [0, 0.05) is 47.7 Å². The summed E-state index contributed by atoms with van der Waals surface area (Å²) in [6.07, 6.45) is 11.4. The Bertz CT molecular complexity index is 1730. The number of hydrogen-bond donors (Lipinski definition) is 4. The van der Waals surface area contributed by atoms with Gasteiger partial charge in [-0.2, -0.15) is 5.10 Å². The first-order valence-corrected chi connectivity index (χ1v) is 12.3. The molecule has 0 bridgehead atoms. The zero-order valence-corrected chi connectivity index (χ0v) is 20.5. The lowest BCUT2D eigenvalue weighted by atomic mass is 10.1. The van der Waals surface area contributed by atoms with E-state index in [0.29, 0.717) is 40.4 Å². The lowest BCUT2D eigenvalue weighted by Gasteiger charge is -2.14. The first-order chi connectivity index (χ1) is 18.6. The van der Waals surface area contributed by atoms with E-state index in [-0.39, 0.29) is 16.6 Å². The maximum atomic E-state index is 16.0. The normalized spacial score (nSPS) is 12.3. The fourth-order valence-corrected chi connectivity index (χ4v) is 4.43. The van der Waals surface area contributed by atoms with Crippen molar-refractivity contribution in [3.8, 4) is 33.9 Å². The Balaban J connectivity index is 1.41. The summed E-state index contributed by atoms with van der Waals surface area (Å²) >= 11 is 0. The molecule has 6 heterocycles. The summed E-state index contributed by atoms with van der Waals surface area (Å²) in [5, 5.41) is 20.5. The third-order valence-electron chi connectivity index (χ3n) is 6.32. The average molecular weight is 510 g/mol. The van der Waals surface area contributed by atoms with Gasteiger partial charge >= 0.3 is 0 Å². The van der Waals surface area contributed by atoms with E-state index in [9.17, 15) is 5.11 Å². The van der Waals surface area contributed by atoms with Crippen LogP contribution in [0.5, 0.6) is 0 Å².